The molecule has 0 saturated heterocycles. The Morgan fingerprint density at radius 1 is 0.383 bits per heavy atom. The molecule has 0 N–H and O–H groups in total. The van der Waals surface area contributed by atoms with E-state index in [4.69, 9.17) is 15.0 Å². The van der Waals surface area contributed by atoms with Crippen molar-refractivity contribution in [2.75, 3.05) is 0 Å². The lowest BCUT2D eigenvalue weighted by atomic mass is 10.0. The number of para-hydroxylation sites is 3. The third-order valence-electron chi connectivity index (χ3n) is 9.68. The number of nitrogens with zero attached hydrogens (tertiary/aromatic N) is 6. The minimum atomic E-state index is 0.812. The monoisotopic (exact) mass is 600 g/mol. The highest BCUT2D eigenvalue weighted by Crippen LogP contribution is 2.45. The van der Waals surface area contributed by atoms with Crippen LogP contribution >= 0.6 is 0 Å². The number of benzene rings is 5. The average Bonchev–Trinajstić information content (AvgIpc) is 3.80. The van der Waals surface area contributed by atoms with Gasteiger partial charge < -0.3 is 9.13 Å². The van der Waals surface area contributed by atoms with Crippen LogP contribution in [0, 0.1) is 0 Å². The SMILES string of the molecule is c1ccc(-n2c3ccccc3c3c2ccc2c4ccc5c(c6cccnc6n6c7ncccc7nc56)c4n(-c4ccccc4)c23)cc1. The van der Waals surface area contributed by atoms with Gasteiger partial charge in [-0.1, -0.05) is 66.7 Å². The van der Waals surface area contributed by atoms with Gasteiger partial charge in [0, 0.05) is 61.5 Å². The average molecular weight is 601 g/mol. The highest BCUT2D eigenvalue weighted by molar-refractivity contribution is 6.32. The number of pyridine rings is 3. The molecule has 0 aliphatic carbocycles. The Hall–Kier alpha value is -6.53. The van der Waals surface area contributed by atoms with Crippen LogP contribution in [-0.2, 0) is 0 Å². The van der Waals surface area contributed by atoms with Crippen LogP contribution in [0.3, 0.4) is 0 Å². The standard InChI is InChI=1S/C41H24N6/c1-3-11-25(12-4-1)45-33-18-8-7-15-29(33)36-34(45)22-21-28-27-19-20-31-35(37(27)46(38(28)36)26-13-5-2-6-14-26)30-16-9-23-42-39(30)47-40(31)44-32-17-10-24-43-41(32)47/h1-24H. The van der Waals surface area contributed by atoms with E-state index in [9.17, 15) is 0 Å². The molecule has 0 atom stereocenters. The van der Waals surface area contributed by atoms with Gasteiger partial charge in [0.05, 0.1) is 22.1 Å². The fourth-order valence-electron chi connectivity index (χ4n) is 7.86. The highest BCUT2D eigenvalue weighted by Gasteiger charge is 2.24. The quantitative estimate of drug-likeness (QED) is 0.186. The van der Waals surface area contributed by atoms with Gasteiger partial charge in [-0.05, 0) is 66.7 Å². The van der Waals surface area contributed by atoms with Crippen molar-refractivity contribution in [1.29, 1.82) is 0 Å². The van der Waals surface area contributed by atoms with E-state index in [1.54, 1.807) is 0 Å². The smallest absolute Gasteiger partial charge is 0.166 e. The summed E-state index contributed by atoms with van der Waals surface area (Å²) in [4.78, 5) is 14.8. The number of hydrogen-bond donors (Lipinski definition) is 0. The second-order valence-corrected chi connectivity index (χ2v) is 12.1. The van der Waals surface area contributed by atoms with E-state index in [-0.39, 0.29) is 0 Å². The molecule has 6 heterocycles. The van der Waals surface area contributed by atoms with E-state index in [1.165, 1.54) is 38.1 Å². The topological polar surface area (TPSA) is 52.9 Å². The van der Waals surface area contributed by atoms with E-state index in [1.807, 2.05) is 30.6 Å². The normalized spacial score (nSPS) is 12.3. The molecule has 0 fully saturated rings. The number of rotatable bonds is 2. The fraction of sp³-hybridized carbons (Fsp3) is 0. The van der Waals surface area contributed by atoms with Crippen LogP contribution in [-0.4, -0.2) is 28.5 Å². The second-order valence-electron chi connectivity index (χ2n) is 12.1. The summed E-state index contributed by atoms with van der Waals surface area (Å²) in [5.41, 5.74) is 10.3. The van der Waals surface area contributed by atoms with Crippen molar-refractivity contribution in [1.82, 2.24) is 28.5 Å². The first kappa shape index (κ1) is 24.8. The van der Waals surface area contributed by atoms with Gasteiger partial charge >= 0.3 is 0 Å². The van der Waals surface area contributed by atoms with Crippen molar-refractivity contribution in [3.05, 3.63) is 146 Å². The van der Waals surface area contributed by atoms with Gasteiger partial charge in [0.1, 0.15) is 16.8 Å². The van der Waals surface area contributed by atoms with E-state index in [0.29, 0.717) is 0 Å². The minimum Gasteiger partial charge on any atom is -0.309 e. The molecule has 47 heavy (non-hydrogen) atoms. The summed E-state index contributed by atoms with van der Waals surface area (Å²) < 4.78 is 6.97. The molecule has 0 amide bonds. The van der Waals surface area contributed by atoms with Gasteiger partial charge in [-0.2, -0.15) is 0 Å². The van der Waals surface area contributed by atoms with Gasteiger partial charge in [0.2, 0.25) is 0 Å². The first-order chi connectivity index (χ1) is 23.4. The van der Waals surface area contributed by atoms with Crippen LogP contribution < -0.4 is 0 Å². The predicted octanol–water partition coefficient (Wildman–Crippen LogP) is 9.78. The predicted molar refractivity (Wildman–Crippen MR) is 192 cm³/mol. The number of aromatic nitrogens is 6. The van der Waals surface area contributed by atoms with Gasteiger partial charge in [0.25, 0.3) is 0 Å². The van der Waals surface area contributed by atoms with Crippen molar-refractivity contribution in [2.24, 2.45) is 0 Å². The molecule has 218 valence electrons. The Morgan fingerprint density at radius 3 is 1.79 bits per heavy atom. The van der Waals surface area contributed by atoms with Crippen molar-refractivity contribution < 1.29 is 0 Å². The molecule has 0 saturated carbocycles. The van der Waals surface area contributed by atoms with Crippen LogP contribution in [0.4, 0.5) is 0 Å². The summed E-state index contributed by atoms with van der Waals surface area (Å²) in [5.74, 6) is 0. The lowest BCUT2D eigenvalue weighted by Crippen LogP contribution is -1.98. The van der Waals surface area contributed by atoms with Crippen LogP contribution in [0.1, 0.15) is 0 Å². The molecule has 6 nitrogen and oxygen atoms in total. The molecule has 0 aliphatic heterocycles. The van der Waals surface area contributed by atoms with Crippen LogP contribution in [0.25, 0.3) is 93.6 Å². The zero-order valence-corrected chi connectivity index (χ0v) is 25.0. The van der Waals surface area contributed by atoms with E-state index < -0.39 is 0 Å². The highest BCUT2D eigenvalue weighted by atomic mass is 15.1. The van der Waals surface area contributed by atoms with Gasteiger partial charge in [-0.3, -0.25) is 4.40 Å². The first-order valence-electron chi connectivity index (χ1n) is 15.8. The molecular formula is C41H24N6. The summed E-state index contributed by atoms with van der Waals surface area (Å²) in [6, 6.07) is 47.4. The summed E-state index contributed by atoms with van der Waals surface area (Å²) >= 11 is 0. The molecule has 6 aromatic heterocycles. The molecule has 11 aromatic rings. The zero-order chi connectivity index (χ0) is 30.6. The maximum absolute atomic E-state index is 5.13. The Labute approximate surface area is 267 Å². The molecule has 0 unspecified atom stereocenters. The Bertz CT molecular complexity index is 3060. The molecular weight excluding hydrogens is 576 g/mol. The Kier molecular flexibility index (Phi) is 4.75. The Balaban J connectivity index is 1.44. The van der Waals surface area contributed by atoms with E-state index >= 15 is 0 Å². The van der Waals surface area contributed by atoms with Crippen LogP contribution in [0.15, 0.2) is 146 Å². The maximum Gasteiger partial charge on any atom is 0.166 e. The molecule has 0 bridgehead atoms. The Morgan fingerprint density at radius 2 is 0.979 bits per heavy atom. The largest absolute Gasteiger partial charge is 0.309 e. The summed E-state index contributed by atoms with van der Waals surface area (Å²) in [5, 5.41) is 8.12. The van der Waals surface area contributed by atoms with Gasteiger partial charge in [-0.15, -0.1) is 0 Å². The molecule has 6 heteroatoms. The lowest BCUT2D eigenvalue weighted by Gasteiger charge is -2.13. The number of imidazole rings is 1. The van der Waals surface area contributed by atoms with Gasteiger partial charge in [-0.25, -0.2) is 15.0 Å². The molecule has 0 spiro atoms. The molecule has 11 rings (SSSR count). The van der Waals surface area contributed by atoms with Crippen molar-refractivity contribution >= 4 is 82.2 Å². The number of hydrogen-bond acceptors (Lipinski definition) is 3. The summed E-state index contributed by atoms with van der Waals surface area (Å²) in [6.07, 6.45) is 3.68. The third-order valence-corrected chi connectivity index (χ3v) is 9.68. The summed E-state index contributed by atoms with van der Waals surface area (Å²) in [6.45, 7) is 0. The summed E-state index contributed by atoms with van der Waals surface area (Å²) in [7, 11) is 0. The molecule has 0 radical (unpaired) electrons. The zero-order valence-electron chi connectivity index (χ0n) is 25.0. The molecule has 5 aromatic carbocycles. The maximum atomic E-state index is 5.13. The van der Waals surface area contributed by atoms with E-state index in [0.717, 1.165) is 55.5 Å². The lowest BCUT2D eigenvalue weighted by molar-refractivity contribution is 1.17. The fourth-order valence-corrected chi connectivity index (χ4v) is 7.86. The minimum absolute atomic E-state index is 0.812. The second kappa shape index (κ2) is 9.02. The van der Waals surface area contributed by atoms with Crippen LogP contribution in [0.5, 0.6) is 0 Å². The first-order valence-corrected chi connectivity index (χ1v) is 15.8. The van der Waals surface area contributed by atoms with Gasteiger partial charge in [0.15, 0.2) is 5.65 Å². The van der Waals surface area contributed by atoms with Crippen molar-refractivity contribution in [2.45, 2.75) is 0 Å². The number of fused-ring (bicyclic) bond motifs is 16. The third kappa shape index (κ3) is 3.16. The van der Waals surface area contributed by atoms with Crippen molar-refractivity contribution in [3.8, 4) is 11.4 Å². The molecule has 0 aliphatic rings. The van der Waals surface area contributed by atoms with E-state index in [2.05, 4.69) is 129 Å². The van der Waals surface area contributed by atoms with Crippen molar-refractivity contribution in [3.63, 3.8) is 0 Å². The van der Waals surface area contributed by atoms with Crippen LogP contribution in [0.2, 0.25) is 0 Å².